The van der Waals surface area contributed by atoms with Crippen molar-refractivity contribution in [1.82, 2.24) is 0 Å². The van der Waals surface area contributed by atoms with Crippen molar-refractivity contribution >= 4 is 34.0 Å². The van der Waals surface area contributed by atoms with Crippen LogP contribution in [0.15, 0.2) is 52.9 Å². The second kappa shape index (κ2) is 5.71. The summed E-state index contributed by atoms with van der Waals surface area (Å²) >= 11 is 5.56. The molecule has 2 aromatic carbocycles. The van der Waals surface area contributed by atoms with E-state index in [9.17, 15) is 9.00 Å². The van der Waals surface area contributed by atoms with E-state index < -0.39 is 5.24 Å². The maximum Gasteiger partial charge on any atom is 0.252 e. The third kappa shape index (κ3) is 2.91. The van der Waals surface area contributed by atoms with Gasteiger partial charge >= 0.3 is 0 Å². The van der Waals surface area contributed by atoms with Gasteiger partial charge < -0.3 is 0 Å². The Bertz CT molecular complexity index is 573. The first-order valence-corrected chi connectivity index (χ1v) is 6.19. The Kier molecular flexibility index (Phi) is 4.02. The molecular formula is C13H8ClNO2S. The minimum Gasteiger partial charge on any atom is -0.276 e. The Morgan fingerprint density at radius 1 is 0.944 bits per heavy atom. The fourth-order valence-corrected chi connectivity index (χ4v) is 1.89. The Morgan fingerprint density at radius 2 is 1.44 bits per heavy atom. The van der Waals surface area contributed by atoms with Crippen molar-refractivity contribution in [2.75, 3.05) is 0 Å². The molecule has 0 amide bonds. The molecule has 0 spiro atoms. The molecule has 0 unspecified atom stereocenters. The van der Waals surface area contributed by atoms with E-state index in [2.05, 4.69) is 4.36 Å². The first-order valence-electron chi connectivity index (χ1n) is 5.11. The first kappa shape index (κ1) is 12.7. The van der Waals surface area contributed by atoms with Crippen molar-refractivity contribution < 1.29 is 9.00 Å². The molecule has 0 aliphatic carbocycles. The van der Waals surface area contributed by atoms with E-state index in [0.717, 1.165) is 11.1 Å². The summed E-state index contributed by atoms with van der Waals surface area (Å²) in [6, 6.07) is 14.3. The molecular weight excluding hydrogens is 270 g/mol. The van der Waals surface area contributed by atoms with Crippen molar-refractivity contribution in [3.05, 3.63) is 54.1 Å². The van der Waals surface area contributed by atoms with Crippen LogP contribution in [-0.2, 0) is 11.5 Å². The lowest BCUT2D eigenvalue weighted by atomic mass is 10.0. The lowest BCUT2D eigenvalue weighted by molar-refractivity contribution is 0.108. The smallest absolute Gasteiger partial charge is 0.252 e. The third-order valence-corrected chi connectivity index (χ3v) is 2.96. The standard InChI is InChI=1S/C13H8ClNO2S/c14-13(16)11-3-1-9(2-4-11)10-5-7-12(8-6-10)15-18-17/h1-8H. The molecule has 3 nitrogen and oxygen atoms in total. The molecule has 0 heterocycles. The van der Waals surface area contributed by atoms with Crippen LogP contribution in [0.2, 0.25) is 0 Å². The Hall–Kier alpha value is -1.78. The van der Waals surface area contributed by atoms with Gasteiger partial charge in [-0.3, -0.25) is 4.79 Å². The average Bonchev–Trinajstić information content (AvgIpc) is 2.40. The molecule has 2 rings (SSSR count). The molecule has 90 valence electrons. The van der Waals surface area contributed by atoms with Gasteiger partial charge in [0.2, 0.25) is 11.5 Å². The topological polar surface area (TPSA) is 46.5 Å². The molecule has 0 saturated carbocycles. The van der Waals surface area contributed by atoms with Gasteiger partial charge in [-0.2, -0.15) is 8.57 Å². The zero-order valence-electron chi connectivity index (χ0n) is 9.17. The second-order valence-electron chi connectivity index (χ2n) is 3.56. The Labute approximate surface area is 113 Å². The van der Waals surface area contributed by atoms with E-state index >= 15 is 0 Å². The van der Waals surface area contributed by atoms with Crippen LogP contribution in [0, 0.1) is 0 Å². The summed E-state index contributed by atoms with van der Waals surface area (Å²) < 4.78 is 13.9. The van der Waals surface area contributed by atoms with Crippen molar-refractivity contribution in [2.45, 2.75) is 0 Å². The molecule has 0 aliphatic heterocycles. The third-order valence-electron chi connectivity index (χ3n) is 2.46. The maximum absolute atomic E-state index is 10.9. The number of rotatable bonds is 3. The molecule has 0 aromatic heterocycles. The highest BCUT2D eigenvalue weighted by molar-refractivity contribution is 7.54. The summed E-state index contributed by atoms with van der Waals surface area (Å²) in [6.07, 6.45) is 0. The lowest BCUT2D eigenvalue weighted by Gasteiger charge is -2.02. The van der Waals surface area contributed by atoms with Crippen LogP contribution in [0.1, 0.15) is 10.4 Å². The van der Waals surface area contributed by atoms with E-state index in [0.29, 0.717) is 11.3 Å². The largest absolute Gasteiger partial charge is 0.276 e. The van der Waals surface area contributed by atoms with Gasteiger partial charge in [-0.05, 0) is 47.0 Å². The summed E-state index contributed by atoms with van der Waals surface area (Å²) in [5.74, 6) is 0. The normalized spacial score (nSPS) is 9.83. The highest BCUT2D eigenvalue weighted by Gasteiger charge is 2.02. The van der Waals surface area contributed by atoms with Gasteiger partial charge in [-0.15, -0.1) is 0 Å². The Balaban J connectivity index is 2.31. The highest BCUT2D eigenvalue weighted by Crippen LogP contribution is 2.23. The zero-order chi connectivity index (χ0) is 13.0. The quantitative estimate of drug-likeness (QED) is 0.802. The van der Waals surface area contributed by atoms with Gasteiger partial charge in [0.05, 0.1) is 5.69 Å². The fraction of sp³-hybridized carbons (Fsp3) is 0. The number of benzene rings is 2. The molecule has 0 N–H and O–H groups in total. The fourth-order valence-electron chi connectivity index (χ4n) is 1.55. The maximum atomic E-state index is 10.9. The Morgan fingerprint density at radius 3 is 1.89 bits per heavy atom. The number of hydrogen-bond acceptors (Lipinski definition) is 3. The zero-order valence-corrected chi connectivity index (χ0v) is 10.7. The number of nitrogens with zero attached hydrogens (tertiary/aromatic N) is 1. The van der Waals surface area contributed by atoms with Crippen LogP contribution >= 0.6 is 11.6 Å². The van der Waals surface area contributed by atoms with E-state index in [1.54, 1.807) is 24.3 Å². The number of halogens is 1. The summed E-state index contributed by atoms with van der Waals surface area (Å²) in [5.41, 5.74) is 3.05. The highest BCUT2D eigenvalue weighted by atomic mass is 35.5. The van der Waals surface area contributed by atoms with Gasteiger partial charge in [0.1, 0.15) is 0 Å². The van der Waals surface area contributed by atoms with Gasteiger partial charge in [-0.1, -0.05) is 24.3 Å². The second-order valence-corrected chi connectivity index (χ2v) is 4.24. The van der Waals surface area contributed by atoms with E-state index in [-0.39, 0.29) is 11.5 Å². The van der Waals surface area contributed by atoms with Crippen molar-refractivity contribution in [1.29, 1.82) is 0 Å². The lowest BCUT2D eigenvalue weighted by Crippen LogP contribution is -1.87. The van der Waals surface area contributed by atoms with Gasteiger partial charge in [0, 0.05) is 5.56 Å². The summed E-state index contributed by atoms with van der Waals surface area (Å²) in [7, 11) is 0. The van der Waals surface area contributed by atoms with Crippen molar-refractivity contribution in [3.63, 3.8) is 0 Å². The van der Waals surface area contributed by atoms with Crippen molar-refractivity contribution in [2.24, 2.45) is 4.36 Å². The number of hydrogen-bond donors (Lipinski definition) is 0. The van der Waals surface area contributed by atoms with Crippen LogP contribution in [-0.4, -0.2) is 9.45 Å². The molecule has 0 atom stereocenters. The average molecular weight is 278 g/mol. The molecule has 0 fully saturated rings. The molecule has 2 aromatic rings. The predicted octanol–water partition coefficient (Wildman–Crippen LogP) is 3.76. The van der Waals surface area contributed by atoms with Crippen LogP contribution in [0.4, 0.5) is 5.69 Å². The molecule has 0 radical (unpaired) electrons. The van der Waals surface area contributed by atoms with Crippen LogP contribution in [0.25, 0.3) is 11.1 Å². The summed E-state index contributed by atoms with van der Waals surface area (Å²) in [4.78, 5) is 10.9. The van der Waals surface area contributed by atoms with E-state index in [1.807, 2.05) is 24.3 Å². The SMILES string of the molecule is O=S=Nc1ccc(-c2ccc(C(=O)Cl)cc2)cc1. The number of carbonyl (C=O) groups is 1. The summed E-state index contributed by atoms with van der Waals surface area (Å²) in [5, 5.41) is -0.469. The predicted molar refractivity (Wildman–Crippen MR) is 72.3 cm³/mol. The van der Waals surface area contributed by atoms with Crippen LogP contribution in [0.3, 0.4) is 0 Å². The minimum absolute atomic E-state index is 0.184. The summed E-state index contributed by atoms with van der Waals surface area (Å²) in [6.45, 7) is 0. The molecule has 0 aliphatic rings. The molecule has 0 bridgehead atoms. The molecule has 0 saturated heterocycles. The van der Waals surface area contributed by atoms with Gasteiger partial charge in [0.15, 0.2) is 0 Å². The number of carbonyl (C=O) groups excluding carboxylic acids is 1. The van der Waals surface area contributed by atoms with Gasteiger partial charge in [-0.25, -0.2) is 0 Å². The van der Waals surface area contributed by atoms with Crippen LogP contribution < -0.4 is 0 Å². The van der Waals surface area contributed by atoms with Crippen LogP contribution in [0.5, 0.6) is 0 Å². The van der Waals surface area contributed by atoms with Crippen molar-refractivity contribution in [3.8, 4) is 11.1 Å². The monoisotopic (exact) mass is 277 g/mol. The minimum atomic E-state index is -0.469. The molecule has 18 heavy (non-hydrogen) atoms. The van der Waals surface area contributed by atoms with Gasteiger partial charge in [0.25, 0.3) is 5.24 Å². The van der Waals surface area contributed by atoms with E-state index in [1.165, 1.54) is 0 Å². The first-order chi connectivity index (χ1) is 8.70. The molecule has 5 heteroatoms. The van der Waals surface area contributed by atoms with E-state index in [4.69, 9.17) is 11.6 Å².